The SMILES string of the molecule is Cc1cc(F)cc(-c2nccc3[nH]c(-c4n[nH]c5ccc(-c6cncc(OC7CCCCC7)c6)cc45)cc23)c1. The van der Waals surface area contributed by atoms with Gasteiger partial charge in [0.15, 0.2) is 0 Å². The van der Waals surface area contributed by atoms with Crippen LogP contribution in [0.1, 0.15) is 37.7 Å². The third-order valence-electron chi connectivity index (χ3n) is 7.58. The molecular formula is C32H28FN5O. The molecule has 7 rings (SSSR count). The Kier molecular flexibility index (Phi) is 5.84. The van der Waals surface area contributed by atoms with E-state index in [9.17, 15) is 4.39 Å². The number of pyridine rings is 2. The lowest BCUT2D eigenvalue weighted by Gasteiger charge is -2.23. The molecule has 0 amide bonds. The van der Waals surface area contributed by atoms with Crippen LogP contribution in [0.25, 0.3) is 55.6 Å². The number of nitrogens with zero attached hydrogens (tertiary/aromatic N) is 3. The quantitative estimate of drug-likeness (QED) is 0.243. The molecule has 0 atom stereocenters. The number of halogens is 1. The van der Waals surface area contributed by atoms with E-state index in [-0.39, 0.29) is 11.9 Å². The van der Waals surface area contributed by atoms with Gasteiger partial charge < -0.3 is 9.72 Å². The van der Waals surface area contributed by atoms with Crippen molar-refractivity contribution < 1.29 is 9.13 Å². The molecule has 2 aromatic carbocycles. The Morgan fingerprint density at radius 2 is 1.69 bits per heavy atom. The fourth-order valence-corrected chi connectivity index (χ4v) is 5.70. The van der Waals surface area contributed by atoms with E-state index < -0.39 is 0 Å². The average molecular weight is 518 g/mol. The topological polar surface area (TPSA) is 79.5 Å². The van der Waals surface area contributed by atoms with Crippen molar-refractivity contribution in [1.29, 1.82) is 0 Å². The van der Waals surface area contributed by atoms with E-state index in [1.54, 1.807) is 12.4 Å². The third kappa shape index (κ3) is 4.54. The highest BCUT2D eigenvalue weighted by Crippen LogP contribution is 2.35. The van der Waals surface area contributed by atoms with Crippen LogP contribution in [0.15, 0.2) is 73.2 Å². The molecule has 2 N–H and O–H groups in total. The number of nitrogens with one attached hydrogen (secondary N) is 2. The van der Waals surface area contributed by atoms with Crippen LogP contribution in [-0.2, 0) is 0 Å². The highest BCUT2D eigenvalue weighted by molar-refractivity contribution is 6.00. The molecule has 0 spiro atoms. The number of benzene rings is 2. The predicted molar refractivity (Wildman–Crippen MR) is 152 cm³/mol. The molecule has 0 saturated heterocycles. The van der Waals surface area contributed by atoms with Gasteiger partial charge in [0, 0.05) is 39.8 Å². The lowest BCUT2D eigenvalue weighted by Crippen LogP contribution is -2.19. The van der Waals surface area contributed by atoms with Gasteiger partial charge in [-0.2, -0.15) is 5.10 Å². The molecular weight excluding hydrogens is 489 g/mol. The number of rotatable bonds is 5. The first kappa shape index (κ1) is 23.6. The summed E-state index contributed by atoms with van der Waals surface area (Å²) >= 11 is 0. The first-order valence-corrected chi connectivity index (χ1v) is 13.5. The Labute approximate surface area is 225 Å². The average Bonchev–Trinajstić information content (AvgIpc) is 3.57. The fraction of sp³-hybridized carbons (Fsp3) is 0.219. The van der Waals surface area contributed by atoms with E-state index in [4.69, 9.17) is 4.74 Å². The normalized spacial score (nSPS) is 14.3. The molecule has 194 valence electrons. The monoisotopic (exact) mass is 517 g/mol. The minimum Gasteiger partial charge on any atom is -0.489 e. The Bertz CT molecular complexity index is 1790. The van der Waals surface area contributed by atoms with Crippen molar-refractivity contribution in [3.63, 3.8) is 0 Å². The van der Waals surface area contributed by atoms with Crippen molar-refractivity contribution >= 4 is 21.8 Å². The lowest BCUT2D eigenvalue weighted by atomic mass is 9.98. The summed E-state index contributed by atoms with van der Waals surface area (Å²) in [6.45, 7) is 1.88. The molecule has 4 heterocycles. The van der Waals surface area contributed by atoms with Gasteiger partial charge in [-0.1, -0.05) is 12.5 Å². The minimum atomic E-state index is -0.270. The maximum absolute atomic E-state index is 14.2. The van der Waals surface area contributed by atoms with Crippen molar-refractivity contribution in [2.24, 2.45) is 0 Å². The zero-order chi connectivity index (χ0) is 26.3. The number of fused-ring (bicyclic) bond motifs is 2. The first-order valence-electron chi connectivity index (χ1n) is 13.5. The number of H-pyrrole nitrogens is 2. The Morgan fingerprint density at radius 3 is 2.56 bits per heavy atom. The standard InChI is InChI=1S/C32H28FN5O/c1-19-11-21(13-23(33)12-19)31-27-16-30(36-28(27)9-10-35-31)32-26-15-20(7-8-29(26)37-38-32)22-14-25(18-34-17-22)39-24-5-3-2-4-6-24/h7-18,24,36H,2-6H2,1H3,(H,37,38). The molecule has 7 heteroatoms. The first-order chi connectivity index (χ1) is 19.1. The second kappa shape index (κ2) is 9.66. The zero-order valence-electron chi connectivity index (χ0n) is 21.7. The van der Waals surface area contributed by atoms with Gasteiger partial charge in [0.1, 0.15) is 17.3 Å². The summed E-state index contributed by atoms with van der Waals surface area (Å²) in [5.41, 5.74) is 7.92. The number of aromatic amines is 2. The van der Waals surface area contributed by atoms with Crippen molar-refractivity contribution in [3.05, 3.63) is 84.6 Å². The molecule has 0 unspecified atom stereocenters. The van der Waals surface area contributed by atoms with Gasteiger partial charge in [-0.25, -0.2) is 4.39 Å². The van der Waals surface area contributed by atoms with Crippen LogP contribution in [-0.4, -0.2) is 31.3 Å². The predicted octanol–water partition coefficient (Wildman–Crippen LogP) is 7.99. The lowest BCUT2D eigenvalue weighted by molar-refractivity contribution is 0.154. The minimum absolute atomic E-state index is 0.270. The van der Waals surface area contributed by atoms with E-state index >= 15 is 0 Å². The summed E-state index contributed by atoms with van der Waals surface area (Å²) in [6, 6.07) is 17.3. The Hall–Kier alpha value is -4.52. The van der Waals surface area contributed by atoms with Gasteiger partial charge in [-0.05, 0) is 92.3 Å². The van der Waals surface area contributed by atoms with Crippen LogP contribution >= 0.6 is 0 Å². The molecule has 0 aliphatic heterocycles. The van der Waals surface area contributed by atoms with E-state index in [2.05, 4.69) is 43.3 Å². The van der Waals surface area contributed by atoms with Gasteiger partial charge >= 0.3 is 0 Å². The Balaban J connectivity index is 1.26. The Morgan fingerprint density at radius 1 is 0.821 bits per heavy atom. The molecule has 1 aliphatic rings. The summed E-state index contributed by atoms with van der Waals surface area (Å²) in [4.78, 5) is 12.5. The van der Waals surface area contributed by atoms with Crippen LogP contribution in [0, 0.1) is 12.7 Å². The second-order valence-electron chi connectivity index (χ2n) is 10.4. The molecule has 39 heavy (non-hydrogen) atoms. The summed E-state index contributed by atoms with van der Waals surface area (Å²) in [5.74, 6) is 0.545. The van der Waals surface area contributed by atoms with Crippen molar-refractivity contribution in [2.75, 3.05) is 0 Å². The van der Waals surface area contributed by atoms with Crippen LogP contribution in [0.4, 0.5) is 4.39 Å². The van der Waals surface area contributed by atoms with Crippen LogP contribution in [0.2, 0.25) is 0 Å². The zero-order valence-corrected chi connectivity index (χ0v) is 21.7. The van der Waals surface area contributed by atoms with E-state index in [1.807, 2.05) is 37.4 Å². The van der Waals surface area contributed by atoms with Crippen LogP contribution in [0.3, 0.4) is 0 Å². The number of hydrogen-bond donors (Lipinski definition) is 2. The second-order valence-corrected chi connectivity index (χ2v) is 10.4. The molecule has 6 aromatic rings. The van der Waals surface area contributed by atoms with Crippen molar-refractivity contribution in [1.82, 2.24) is 25.1 Å². The van der Waals surface area contributed by atoms with Gasteiger partial charge in [0.2, 0.25) is 0 Å². The van der Waals surface area contributed by atoms with Crippen LogP contribution in [0.5, 0.6) is 5.75 Å². The van der Waals surface area contributed by atoms with Crippen molar-refractivity contribution in [3.8, 4) is 39.5 Å². The van der Waals surface area contributed by atoms with E-state index in [1.165, 1.54) is 31.4 Å². The molecule has 6 nitrogen and oxygen atoms in total. The maximum Gasteiger partial charge on any atom is 0.138 e. The maximum atomic E-state index is 14.2. The summed E-state index contributed by atoms with van der Waals surface area (Å²) in [6.07, 6.45) is 11.7. The van der Waals surface area contributed by atoms with Gasteiger partial charge in [0.05, 0.1) is 29.2 Å². The largest absolute Gasteiger partial charge is 0.489 e. The smallest absolute Gasteiger partial charge is 0.138 e. The highest BCUT2D eigenvalue weighted by Gasteiger charge is 2.17. The number of aromatic nitrogens is 5. The number of ether oxygens (including phenoxy) is 1. The van der Waals surface area contributed by atoms with Crippen LogP contribution < -0.4 is 4.74 Å². The summed E-state index contributed by atoms with van der Waals surface area (Å²) in [7, 11) is 0. The van der Waals surface area contributed by atoms with Crippen molar-refractivity contribution in [2.45, 2.75) is 45.1 Å². The highest BCUT2D eigenvalue weighted by atomic mass is 19.1. The van der Waals surface area contributed by atoms with E-state index in [0.717, 1.165) is 79.7 Å². The molecule has 1 saturated carbocycles. The van der Waals surface area contributed by atoms with E-state index in [0.29, 0.717) is 0 Å². The third-order valence-corrected chi connectivity index (χ3v) is 7.58. The summed E-state index contributed by atoms with van der Waals surface area (Å²) in [5, 5.41) is 9.72. The number of aryl methyl sites for hydroxylation is 1. The van der Waals surface area contributed by atoms with Gasteiger partial charge in [-0.3, -0.25) is 15.1 Å². The number of hydrogen-bond acceptors (Lipinski definition) is 4. The molecule has 0 bridgehead atoms. The molecule has 1 aliphatic carbocycles. The molecule has 0 radical (unpaired) electrons. The fourth-order valence-electron chi connectivity index (χ4n) is 5.70. The molecule has 4 aromatic heterocycles. The van der Waals surface area contributed by atoms with Gasteiger partial charge in [0.25, 0.3) is 0 Å². The van der Waals surface area contributed by atoms with Gasteiger partial charge in [-0.15, -0.1) is 0 Å². The summed E-state index contributed by atoms with van der Waals surface area (Å²) < 4.78 is 20.4. The molecule has 1 fully saturated rings.